The molecule has 1 aliphatic heterocycles. The van der Waals surface area contributed by atoms with Crippen molar-refractivity contribution in [2.24, 2.45) is 11.7 Å². The number of rotatable bonds is 5. The van der Waals surface area contributed by atoms with Crippen LogP contribution in [-0.2, 0) is 0 Å². The van der Waals surface area contributed by atoms with E-state index >= 15 is 0 Å². The van der Waals surface area contributed by atoms with E-state index in [-0.39, 0.29) is 0 Å². The second-order valence-corrected chi connectivity index (χ2v) is 6.56. The van der Waals surface area contributed by atoms with E-state index in [0.29, 0.717) is 5.54 Å². The minimum absolute atomic E-state index is 0.325. The van der Waals surface area contributed by atoms with Crippen LogP contribution in [0.3, 0.4) is 0 Å². The number of likely N-dealkylation sites (N-methyl/N-ethyl adjacent to an activating group) is 1. The third-order valence-electron chi connectivity index (χ3n) is 5.29. The summed E-state index contributed by atoms with van der Waals surface area (Å²) in [4.78, 5) is 5.14. The molecule has 1 saturated carbocycles. The topological polar surface area (TPSA) is 32.5 Å². The molecule has 2 rings (SSSR count). The Hall–Kier alpha value is -0.120. The fourth-order valence-corrected chi connectivity index (χ4v) is 4.51. The Bertz CT molecular complexity index is 266. The monoisotopic (exact) mass is 253 g/mol. The van der Waals surface area contributed by atoms with Crippen LogP contribution in [0.5, 0.6) is 0 Å². The summed E-state index contributed by atoms with van der Waals surface area (Å²) in [6.45, 7) is 5.66. The minimum atomic E-state index is 0.325. The van der Waals surface area contributed by atoms with Gasteiger partial charge in [0, 0.05) is 24.7 Å². The third-order valence-corrected chi connectivity index (χ3v) is 5.29. The summed E-state index contributed by atoms with van der Waals surface area (Å²) < 4.78 is 0. The maximum absolute atomic E-state index is 6.25. The number of hydrogen-bond acceptors (Lipinski definition) is 3. The zero-order valence-corrected chi connectivity index (χ0v) is 12.5. The van der Waals surface area contributed by atoms with Crippen LogP contribution in [0.15, 0.2) is 0 Å². The first-order chi connectivity index (χ1) is 8.64. The van der Waals surface area contributed by atoms with Gasteiger partial charge in [0.25, 0.3) is 0 Å². The van der Waals surface area contributed by atoms with Gasteiger partial charge in [-0.25, -0.2) is 0 Å². The van der Waals surface area contributed by atoms with E-state index < -0.39 is 0 Å². The fourth-order valence-electron chi connectivity index (χ4n) is 4.51. The van der Waals surface area contributed by atoms with Gasteiger partial charge in [-0.3, -0.25) is 4.90 Å². The molecule has 2 aliphatic rings. The van der Waals surface area contributed by atoms with Gasteiger partial charge in [0.1, 0.15) is 0 Å². The summed E-state index contributed by atoms with van der Waals surface area (Å²) in [6, 6.07) is 0.732. The maximum atomic E-state index is 6.25. The predicted octanol–water partition coefficient (Wildman–Crippen LogP) is 1.92. The van der Waals surface area contributed by atoms with Crippen LogP contribution in [-0.4, -0.2) is 55.1 Å². The molecule has 3 nitrogen and oxygen atoms in total. The summed E-state index contributed by atoms with van der Waals surface area (Å²) in [7, 11) is 4.38. The van der Waals surface area contributed by atoms with Crippen molar-refractivity contribution < 1.29 is 0 Å². The third kappa shape index (κ3) is 2.45. The molecule has 2 fully saturated rings. The summed E-state index contributed by atoms with van der Waals surface area (Å²) in [5, 5.41) is 0. The first-order valence-corrected chi connectivity index (χ1v) is 7.75. The van der Waals surface area contributed by atoms with Crippen molar-refractivity contribution >= 4 is 0 Å². The Morgan fingerprint density at radius 3 is 2.67 bits per heavy atom. The summed E-state index contributed by atoms with van der Waals surface area (Å²) in [5.74, 6) is 0.824. The van der Waals surface area contributed by atoms with Gasteiger partial charge in [-0.05, 0) is 52.2 Å². The average Bonchev–Trinajstić information content (AvgIpc) is 2.94. The van der Waals surface area contributed by atoms with Crippen molar-refractivity contribution in [3.63, 3.8) is 0 Å². The smallest absolute Gasteiger partial charge is 0.0363 e. The van der Waals surface area contributed by atoms with Gasteiger partial charge in [0.2, 0.25) is 0 Å². The lowest BCUT2D eigenvalue weighted by Gasteiger charge is -2.46. The van der Waals surface area contributed by atoms with Crippen molar-refractivity contribution in [3.8, 4) is 0 Å². The lowest BCUT2D eigenvalue weighted by Crippen LogP contribution is -2.59. The molecule has 0 aromatic heterocycles. The quantitative estimate of drug-likeness (QED) is 0.812. The SMILES string of the molecule is CCC1CCCC1(CN)N1CCCC1CN(C)C. The normalized spacial score (nSPS) is 37.8. The summed E-state index contributed by atoms with van der Waals surface area (Å²) in [6.07, 6.45) is 8.10. The molecule has 2 N–H and O–H groups in total. The van der Waals surface area contributed by atoms with Gasteiger partial charge < -0.3 is 10.6 Å². The Kier molecular flexibility index (Phi) is 4.68. The number of likely N-dealkylation sites (tertiary alicyclic amines) is 1. The summed E-state index contributed by atoms with van der Waals surface area (Å²) in [5.41, 5.74) is 6.58. The molecule has 1 saturated heterocycles. The highest BCUT2D eigenvalue weighted by molar-refractivity contribution is 5.05. The van der Waals surface area contributed by atoms with E-state index in [4.69, 9.17) is 5.73 Å². The van der Waals surface area contributed by atoms with Gasteiger partial charge in [-0.15, -0.1) is 0 Å². The van der Waals surface area contributed by atoms with E-state index in [1.54, 1.807) is 0 Å². The van der Waals surface area contributed by atoms with Crippen molar-refractivity contribution in [1.82, 2.24) is 9.80 Å². The summed E-state index contributed by atoms with van der Waals surface area (Å²) >= 11 is 0. The van der Waals surface area contributed by atoms with Crippen molar-refractivity contribution in [2.75, 3.05) is 33.7 Å². The van der Waals surface area contributed by atoms with Crippen LogP contribution in [0.1, 0.15) is 45.4 Å². The average molecular weight is 253 g/mol. The largest absolute Gasteiger partial charge is 0.329 e. The zero-order chi connectivity index (χ0) is 13.2. The first kappa shape index (κ1) is 14.3. The zero-order valence-electron chi connectivity index (χ0n) is 12.5. The highest BCUT2D eigenvalue weighted by atomic mass is 15.3. The molecule has 0 aromatic carbocycles. The van der Waals surface area contributed by atoms with E-state index in [1.165, 1.54) is 51.6 Å². The van der Waals surface area contributed by atoms with Gasteiger partial charge in [-0.1, -0.05) is 19.8 Å². The molecule has 0 amide bonds. The van der Waals surface area contributed by atoms with Crippen LogP contribution in [0.4, 0.5) is 0 Å². The molecule has 18 heavy (non-hydrogen) atoms. The molecule has 3 unspecified atom stereocenters. The van der Waals surface area contributed by atoms with E-state index in [0.717, 1.165) is 18.5 Å². The van der Waals surface area contributed by atoms with Crippen LogP contribution in [0.25, 0.3) is 0 Å². The van der Waals surface area contributed by atoms with Crippen molar-refractivity contribution in [1.29, 1.82) is 0 Å². The predicted molar refractivity (Wildman–Crippen MR) is 77.7 cm³/mol. The second-order valence-electron chi connectivity index (χ2n) is 6.56. The molecule has 0 radical (unpaired) electrons. The Balaban J connectivity index is 2.15. The molecule has 1 heterocycles. The lowest BCUT2D eigenvalue weighted by molar-refractivity contribution is 0.0350. The molecule has 3 atom stereocenters. The van der Waals surface area contributed by atoms with Crippen LogP contribution < -0.4 is 5.73 Å². The highest BCUT2D eigenvalue weighted by Crippen LogP contribution is 2.44. The van der Waals surface area contributed by atoms with E-state index in [1.807, 2.05) is 0 Å². The van der Waals surface area contributed by atoms with Crippen LogP contribution in [0.2, 0.25) is 0 Å². The van der Waals surface area contributed by atoms with Gasteiger partial charge >= 0.3 is 0 Å². The molecule has 0 spiro atoms. The molecule has 106 valence electrons. The number of nitrogens with two attached hydrogens (primary N) is 1. The standard InChI is InChI=1S/C15H31N3/c1-4-13-7-5-9-15(13,12-16)18-10-6-8-14(18)11-17(2)3/h13-14H,4-12,16H2,1-3H3. The van der Waals surface area contributed by atoms with Crippen LogP contribution in [0, 0.1) is 5.92 Å². The Labute approximate surface area is 113 Å². The number of hydrogen-bond donors (Lipinski definition) is 1. The van der Waals surface area contributed by atoms with E-state index in [9.17, 15) is 0 Å². The number of nitrogens with zero attached hydrogens (tertiary/aromatic N) is 2. The Morgan fingerprint density at radius 2 is 2.06 bits per heavy atom. The van der Waals surface area contributed by atoms with Crippen LogP contribution >= 0.6 is 0 Å². The molecule has 0 aromatic rings. The van der Waals surface area contributed by atoms with Crippen molar-refractivity contribution in [2.45, 2.75) is 57.0 Å². The van der Waals surface area contributed by atoms with E-state index in [2.05, 4.69) is 30.8 Å². The highest BCUT2D eigenvalue weighted by Gasteiger charge is 2.48. The molecule has 0 bridgehead atoms. The molecule has 1 aliphatic carbocycles. The Morgan fingerprint density at radius 1 is 1.28 bits per heavy atom. The van der Waals surface area contributed by atoms with Gasteiger partial charge in [-0.2, -0.15) is 0 Å². The minimum Gasteiger partial charge on any atom is -0.329 e. The molecular formula is C15H31N3. The molecular weight excluding hydrogens is 222 g/mol. The second kappa shape index (κ2) is 5.89. The first-order valence-electron chi connectivity index (χ1n) is 7.75. The van der Waals surface area contributed by atoms with Gasteiger partial charge in [0.15, 0.2) is 0 Å². The molecule has 3 heteroatoms. The fraction of sp³-hybridized carbons (Fsp3) is 1.00. The van der Waals surface area contributed by atoms with Crippen molar-refractivity contribution in [3.05, 3.63) is 0 Å². The lowest BCUT2D eigenvalue weighted by atomic mass is 9.82. The maximum Gasteiger partial charge on any atom is 0.0363 e. The van der Waals surface area contributed by atoms with Gasteiger partial charge in [0.05, 0.1) is 0 Å².